The summed E-state index contributed by atoms with van der Waals surface area (Å²) in [5, 5.41) is 0.730. The predicted octanol–water partition coefficient (Wildman–Crippen LogP) is 4.70. The molecule has 0 fully saturated rings. The lowest BCUT2D eigenvalue weighted by Crippen LogP contribution is -1.80. The summed E-state index contributed by atoms with van der Waals surface area (Å²) in [7, 11) is 0. The highest BCUT2D eigenvalue weighted by molar-refractivity contribution is 14.1. The van der Waals surface area contributed by atoms with Gasteiger partial charge in [0.1, 0.15) is 0 Å². The van der Waals surface area contributed by atoms with Crippen LogP contribution in [0.1, 0.15) is 5.56 Å². The van der Waals surface area contributed by atoms with Crippen molar-refractivity contribution in [3.05, 3.63) is 62.7 Å². The second kappa shape index (κ2) is 5.46. The quantitative estimate of drug-likeness (QED) is 0.555. The molecule has 0 bridgehead atoms. The summed E-state index contributed by atoms with van der Waals surface area (Å²) < 4.78 is 1.21. The molecule has 0 saturated carbocycles. The van der Waals surface area contributed by atoms with E-state index < -0.39 is 0 Å². The lowest BCUT2D eigenvalue weighted by atomic mass is 10.2. The molecular weight excluding hydrogens is 333 g/mol. The number of aliphatic imine (C=N–C) groups is 1. The Balaban J connectivity index is 2.18. The second-order valence-corrected chi connectivity index (χ2v) is 4.97. The van der Waals surface area contributed by atoms with E-state index in [1.807, 2.05) is 42.6 Å². The molecule has 0 aliphatic heterocycles. The molecule has 2 aromatic carbocycles. The summed E-state index contributed by atoms with van der Waals surface area (Å²) in [6.45, 7) is 0. The zero-order chi connectivity index (χ0) is 11.4. The van der Waals surface area contributed by atoms with Gasteiger partial charge in [-0.15, -0.1) is 0 Å². The monoisotopic (exact) mass is 341 g/mol. The first-order valence-corrected chi connectivity index (χ1v) is 6.25. The molecule has 0 heterocycles. The summed E-state index contributed by atoms with van der Waals surface area (Å²) in [6, 6.07) is 15.7. The first-order valence-electron chi connectivity index (χ1n) is 4.79. The van der Waals surface area contributed by atoms with E-state index in [1.54, 1.807) is 0 Å². The first kappa shape index (κ1) is 11.6. The molecule has 0 aliphatic carbocycles. The van der Waals surface area contributed by atoms with Crippen LogP contribution in [0.4, 0.5) is 5.69 Å². The van der Waals surface area contributed by atoms with Crippen LogP contribution in [0.3, 0.4) is 0 Å². The van der Waals surface area contributed by atoms with Gasteiger partial charge in [0, 0.05) is 14.8 Å². The Morgan fingerprint density at radius 1 is 1.06 bits per heavy atom. The van der Waals surface area contributed by atoms with Gasteiger partial charge in [-0.25, -0.2) is 0 Å². The van der Waals surface area contributed by atoms with Crippen LogP contribution >= 0.6 is 34.2 Å². The number of benzene rings is 2. The Morgan fingerprint density at radius 2 is 1.81 bits per heavy atom. The van der Waals surface area contributed by atoms with E-state index in [0.29, 0.717) is 0 Å². The molecule has 0 aliphatic rings. The van der Waals surface area contributed by atoms with E-state index in [-0.39, 0.29) is 0 Å². The van der Waals surface area contributed by atoms with E-state index in [9.17, 15) is 0 Å². The van der Waals surface area contributed by atoms with Gasteiger partial charge in [-0.3, -0.25) is 4.99 Å². The van der Waals surface area contributed by atoms with Crippen molar-refractivity contribution in [2.75, 3.05) is 0 Å². The van der Waals surface area contributed by atoms with Crippen molar-refractivity contribution in [1.82, 2.24) is 0 Å². The second-order valence-electron chi connectivity index (χ2n) is 3.29. The molecular formula is C13H9ClIN. The standard InChI is InChI=1S/C13H9ClIN/c14-11-4-6-13(7-5-11)16-9-10-2-1-3-12(15)8-10/h1-9H. The SMILES string of the molecule is Clc1ccc(N=Cc2cccc(I)c2)cc1. The summed E-state index contributed by atoms with van der Waals surface area (Å²) in [5.41, 5.74) is 2.00. The normalized spacial score (nSPS) is 10.9. The highest BCUT2D eigenvalue weighted by Gasteiger charge is 1.91. The van der Waals surface area contributed by atoms with Gasteiger partial charge >= 0.3 is 0 Å². The molecule has 0 atom stereocenters. The van der Waals surface area contributed by atoms with Gasteiger partial charge in [0.15, 0.2) is 0 Å². The van der Waals surface area contributed by atoms with Crippen molar-refractivity contribution in [1.29, 1.82) is 0 Å². The minimum Gasteiger partial charge on any atom is -0.256 e. The Kier molecular flexibility index (Phi) is 3.96. The van der Waals surface area contributed by atoms with Crippen molar-refractivity contribution < 1.29 is 0 Å². The Morgan fingerprint density at radius 3 is 2.50 bits per heavy atom. The minimum absolute atomic E-state index is 0.730. The molecule has 16 heavy (non-hydrogen) atoms. The van der Waals surface area contributed by atoms with E-state index in [4.69, 9.17) is 11.6 Å². The fourth-order valence-electron chi connectivity index (χ4n) is 1.26. The van der Waals surface area contributed by atoms with E-state index in [1.165, 1.54) is 3.57 Å². The summed E-state index contributed by atoms with van der Waals surface area (Å²) >= 11 is 8.08. The predicted molar refractivity (Wildman–Crippen MR) is 77.9 cm³/mol. The molecule has 0 spiro atoms. The smallest absolute Gasteiger partial charge is 0.0630 e. The average molecular weight is 342 g/mol. The molecule has 3 heteroatoms. The molecule has 2 aromatic rings. The van der Waals surface area contributed by atoms with Gasteiger partial charge in [-0.05, 0) is 64.6 Å². The van der Waals surface area contributed by atoms with Gasteiger partial charge in [-0.2, -0.15) is 0 Å². The van der Waals surface area contributed by atoms with Crippen LogP contribution < -0.4 is 0 Å². The van der Waals surface area contributed by atoms with Crippen LogP contribution in [-0.4, -0.2) is 6.21 Å². The maximum atomic E-state index is 5.80. The molecule has 1 nitrogen and oxygen atoms in total. The van der Waals surface area contributed by atoms with Crippen LogP contribution in [0.25, 0.3) is 0 Å². The van der Waals surface area contributed by atoms with Gasteiger partial charge in [0.2, 0.25) is 0 Å². The number of rotatable bonds is 2. The molecule has 0 saturated heterocycles. The highest BCUT2D eigenvalue weighted by Crippen LogP contribution is 2.16. The van der Waals surface area contributed by atoms with Gasteiger partial charge < -0.3 is 0 Å². The van der Waals surface area contributed by atoms with Crippen LogP contribution in [0.5, 0.6) is 0 Å². The van der Waals surface area contributed by atoms with E-state index in [2.05, 4.69) is 39.7 Å². The van der Waals surface area contributed by atoms with Crippen molar-refractivity contribution in [3.63, 3.8) is 0 Å². The maximum absolute atomic E-state index is 5.80. The lowest BCUT2D eigenvalue weighted by molar-refractivity contribution is 1.52. The average Bonchev–Trinajstić information content (AvgIpc) is 2.28. The van der Waals surface area contributed by atoms with Crippen molar-refractivity contribution in [2.24, 2.45) is 4.99 Å². The molecule has 0 amide bonds. The Labute approximate surface area is 113 Å². The maximum Gasteiger partial charge on any atom is 0.0630 e. The summed E-state index contributed by atoms with van der Waals surface area (Å²) in [6.07, 6.45) is 1.85. The third-order valence-corrected chi connectivity index (χ3v) is 2.96. The van der Waals surface area contributed by atoms with E-state index in [0.717, 1.165) is 16.3 Å². The van der Waals surface area contributed by atoms with Crippen molar-refractivity contribution in [3.8, 4) is 0 Å². The molecule has 0 aromatic heterocycles. The minimum atomic E-state index is 0.730. The highest BCUT2D eigenvalue weighted by atomic mass is 127. The third-order valence-electron chi connectivity index (χ3n) is 2.04. The zero-order valence-electron chi connectivity index (χ0n) is 8.40. The fraction of sp³-hybridized carbons (Fsp3) is 0. The van der Waals surface area contributed by atoms with Crippen molar-refractivity contribution in [2.45, 2.75) is 0 Å². The molecule has 0 unspecified atom stereocenters. The number of nitrogens with zero attached hydrogens (tertiary/aromatic N) is 1. The van der Waals surface area contributed by atoms with Crippen LogP contribution in [0.2, 0.25) is 5.02 Å². The Hall–Kier alpha value is -0.870. The van der Waals surface area contributed by atoms with Gasteiger partial charge in [0.05, 0.1) is 5.69 Å². The molecule has 2 rings (SSSR count). The first-order chi connectivity index (χ1) is 7.74. The summed E-state index contributed by atoms with van der Waals surface area (Å²) in [5.74, 6) is 0. The van der Waals surface area contributed by atoms with Crippen molar-refractivity contribution >= 4 is 46.1 Å². The fourth-order valence-corrected chi connectivity index (χ4v) is 1.96. The number of halogens is 2. The molecule has 0 N–H and O–H groups in total. The summed E-state index contributed by atoms with van der Waals surface area (Å²) in [4.78, 5) is 4.37. The van der Waals surface area contributed by atoms with Crippen LogP contribution in [-0.2, 0) is 0 Å². The molecule has 80 valence electrons. The third kappa shape index (κ3) is 3.32. The van der Waals surface area contributed by atoms with Crippen LogP contribution in [0, 0.1) is 3.57 Å². The number of hydrogen-bond donors (Lipinski definition) is 0. The van der Waals surface area contributed by atoms with E-state index >= 15 is 0 Å². The zero-order valence-corrected chi connectivity index (χ0v) is 11.3. The largest absolute Gasteiger partial charge is 0.256 e. The van der Waals surface area contributed by atoms with Gasteiger partial charge in [0.25, 0.3) is 0 Å². The number of hydrogen-bond acceptors (Lipinski definition) is 1. The van der Waals surface area contributed by atoms with Crippen LogP contribution in [0.15, 0.2) is 53.5 Å². The van der Waals surface area contributed by atoms with Gasteiger partial charge in [-0.1, -0.05) is 23.7 Å². The lowest BCUT2D eigenvalue weighted by Gasteiger charge is -1.95. The molecule has 0 radical (unpaired) electrons. The topological polar surface area (TPSA) is 12.4 Å². The Bertz CT molecular complexity index is 506.